The van der Waals surface area contributed by atoms with Crippen molar-refractivity contribution in [2.75, 3.05) is 7.11 Å². The molecule has 0 fully saturated rings. The number of carboxylic acids is 1. The van der Waals surface area contributed by atoms with Gasteiger partial charge in [0.2, 0.25) is 0 Å². The topological polar surface area (TPSA) is 63.8 Å². The predicted molar refractivity (Wildman–Crippen MR) is 82.6 cm³/mol. The number of aromatic carboxylic acids is 1. The summed E-state index contributed by atoms with van der Waals surface area (Å²) in [7, 11) is 1.63. The van der Waals surface area contributed by atoms with Crippen LogP contribution in [-0.4, -0.2) is 27.6 Å². The second kappa shape index (κ2) is 5.89. The number of imidazole rings is 1. The second-order valence-corrected chi connectivity index (χ2v) is 5.02. The van der Waals surface area contributed by atoms with Gasteiger partial charge in [0.05, 0.1) is 7.11 Å². The Bertz CT molecular complexity index is 824. The summed E-state index contributed by atoms with van der Waals surface area (Å²) < 4.78 is 6.82. The van der Waals surface area contributed by atoms with Crippen molar-refractivity contribution in [3.8, 4) is 5.75 Å². The standard InChI is InChI=1S/C17H16N2O3/c1-22-14-4-2-3-12(11-14)5-6-13-7-8-15-18-9-10-19(15)16(13)17(20)21/h2-4,7-11H,5-6H2,1H3,(H,20,21). The maximum Gasteiger partial charge on any atom is 0.353 e. The molecule has 0 bridgehead atoms. The van der Waals surface area contributed by atoms with Gasteiger partial charge in [-0.15, -0.1) is 0 Å². The van der Waals surface area contributed by atoms with E-state index in [9.17, 15) is 9.90 Å². The summed E-state index contributed by atoms with van der Waals surface area (Å²) in [6.07, 6.45) is 4.67. The molecule has 0 aliphatic carbocycles. The number of pyridine rings is 1. The summed E-state index contributed by atoms with van der Waals surface area (Å²) in [6.45, 7) is 0. The third kappa shape index (κ3) is 2.65. The third-order valence-corrected chi connectivity index (χ3v) is 3.67. The molecule has 22 heavy (non-hydrogen) atoms. The highest BCUT2D eigenvalue weighted by atomic mass is 16.5. The van der Waals surface area contributed by atoms with Crippen LogP contribution in [0.2, 0.25) is 0 Å². The van der Waals surface area contributed by atoms with Crippen molar-refractivity contribution in [3.05, 3.63) is 65.6 Å². The van der Waals surface area contributed by atoms with Crippen molar-refractivity contribution < 1.29 is 14.6 Å². The SMILES string of the molecule is COc1cccc(CCc2ccc3nccn3c2C(=O)O)c1. The van der Waals surface area contributed by atoms with E-state index in [1.807, 2.05) is 36.4 Å². The molecule has 0 spiro atoms. The van der Waals surface area contributed by atoms with Crippen LogP contribution in [-0.2, 0) is 12.8 Å². The lowest BCUT2D eigenvalue weighted by molar-refractivity contribution is 0.0687. The Labute approximate surface area is 127 Å². The number of hydrogen-bond acceptors (Lipinski definition) is 3. The molecule has 0 atom stereocenters. The molecule has 1 aromatic carbocycles. The van der Waals surface area contributed by atoms with E-state index in [2.05, 4.69) is 4.98 Å². The lowest BCUT2D eigenvalue weighted by Gasteiger charge is -2.09. The Morgan fingerprint density at radius 3 is 2.91 bits per heavy atom. The van der Waals surface area contributed by atoms with Crippen molar-refractivity contribution in [2.24, 2.45) is 0 Å². The van der Waals surface area contributed by atoms with Gasteiger partial charge >= 0.3 is 5.97 Å². The van der Waals surface area contributed by atoms with E-state index in [0.29, 0.717) is 12.1 Å². The number of ether oxygens (including phenoxy) is 1. The van der Waals surface area contributed by atoms with Gasteiger partial charge in [-0.2, -0.15) is 0 Å². The van der Waals surface area contributed by atoms with Crippen molar-refractivity contribution in [1.82, 2.24) is 9.38 Å². The molecule has 3 rings (SSSR count). The van der Waals surface area contributed by atoms with Gasteiger partial charge in [0.1, 0.15) is 17.1 Å². The summed E-state index contributed by atoms with van der Waals surface area (Å²) >= 11 is 0. The molecule has 0 amide bonds. The van der Waals surface area contributed by atoms with Gasteiger partial charge in [-0.1, -0.05) is 18.2 Å². The highest BCUT2D eigenvalue weighted by Crippen LogP contribution is 2.18. The minimum Gasteiger partial charge on any atom is -0.497 e. The number of aryl methyl sites for hydroxylation is 2. The second-order valence-electron chi connectivity index (χ2n) is 5.02. The molecule has 1 N–H and O–H groups in total. The number of fused-ring (bicyclic) bond motifs is 1. The highest BCUT2D eigenvalue weighted by Gasteiger charge is 2.14. The average molecular weight is 296 g/mol. The van der Waals surface area contributed by atoms with Crippen LogP contribution in [0.5, 0.6) is 5.75 Å². The highest BCUT2D eigenvalue weighted by molar-refractivity contribution is 5.88. The molecule has 2 heterocycles. The van der Waals surface area contributed by atoms with Gasteiger partial charge in [0, 0.05) is 12.4 Å². The van der Waals surface area contributed by atoms with Crippen LogP contribution >= 0.6 is 0 Å². The number of carbonyl (C=O) groups is 1. The van der Waals surface area contributed by atoms with Crippen LogP contribution in [0.15, 0.2) is 48.8 Å². The Morgan fingerprint density at radius 1 is 1.27 bits per heavy atom. The smallest absolute Gasteiger partial charge is 0.353 e. The molecule has 5 nitrogen and oxygen atoms in total. The van der Waals surface area contributed by atoms with Crippen LogP contribution in [0.3, 0.4) is 0 Å². The van der Waals surface area contributed by atoms with E-state index in [4.69, 9.17) is 4.74 Å². The van der Waals surface area contributed by atoms with Crippen LogP contribution in [0.1, 0.15) is 21.6 Å². The fourth-order valence-electron chi connectivity index (χ4n) is 2.59. The van der Waals surface area contributed by atoms with E-state index in [-0.39, 0.29) is 5.69 Å². The molecule has 0 saturated carbocycles. The van der Waals surface area contributed by atoms with Crippen molar-refractivity contribution in [2.45, 2.75) is 12.8 Å². The zero-order valence-corrected chi connectivity index (χ0v) is 12.2. The molecular weight excluding hydrogens is 280 g/mol. The summed E-state index contributed by atoms with van der Waals surface area (Å²) in [5, 5.41) is 9.49. The fraction of sp³-hybridized carbons (Fsp3) is 0.176. The van der Waals surface area contributed by atoms with Crippen LogP contribution in [0.25, 0.3) is 5.65 Å². The molecule has 0 aliphatic heterocycles. The Hall–Kier alpha value is -2.82. The van der Waals surface area contributed by atoms with Gasteiger partial charge in [0.25, 0.3) is 0 Å². The van der Waals surface area contributed by atoms with E-state index < -0.39 is 5.97 Å². The molecule has 5 heteroatoms. The maximum atomic E-state index is 11.6. The normalized spacial score (nSPS) is 10.8. The predicted octanol–water partition coefficient (Wildman–Crippen LogP) is 2.83. The van der Waals surface area contributed by atoms with Gasteiger partial charge < -0.3 is 9.84 Å². The van der Waals surface area contributed by atoms with Crippen molar-refractivity contribution in [3.63, 3.8) is 0 Å². The van der Waals surface area contributed by atoms with Crippen LogP contribution in [0.4, 0.5) is 0 Å². The molecule has 112 valence electrons. The maximum absolute atomic E-state index is 11.6. The third-order valence-electron chi connectivity index (χ3n) is 3.67. The number of methoxy groups -OCH3 is 1. The zero-order chi connectivity index (χ0) is 15.5. The largest absolute Gasteiger partial charge is 0.497 e. The summed E-state index contributed by atoms with van der Waals surface area (Å²) in [5.41, 5.74) is 2.82. The van der Waals surface area contributed by atoms with Gasteiger partial charge in [-0.3, -0.25) is 4.40 Å². The molecule has 0 radical (unpaired) electrons. The number of carboxylic acid groups (broad SMARTS) is 1. The van der Waals surface area contributed by atoms with E-state index >= 15 is 0 Å². The molecule has 3 aromatic rings. The Morgan fingerprint density at radius 2 is 2.14 bits per heavy atom. The summed E-state index contributed by atoms with van der Waals surface area (Å²) in [4.78, 5) is 15.7. The Balaban J connectivity index is 1.90. The van der Waals surface area contributed by atoms with E-state index in [0.717, 1.165) is 23.3 Å². The van der Waals surface area contributed by atoms with Crippen molar-refractivity contribution in [1.29, 1.82) is 0 Å². The monoisotopic (exact) mass is 296 g/mol. The molecule has 0 unspecified atom stereocenters. The zero-order valence-electron chi connectivity index (χ0n) is 12.2. The number of hydrogen-bond donors (Lipinski definition) is 1. The first-order valence-corrected chi connectivity index (χ1v) is 7.00. The van der Waals surface area contributed by atoms with Crippen LogP contribution in [0, 0.1) is 0 Å². The van der Waals surface area contributed by atoms with Crippen molar-refractivity contribution >= 4 is 11.6 Å². The molecule has 0 saturated heterocycles. The van der Waals surface area contributed by atoms with Gasteiger partial charge in [0.15, 0.2) is 0 Å². The summed E-state index contributed by atoms with van der Waals surface area (Å²) in [6, 6.07) is 11.5. The summed E-state index contributed by atoms with van der Waals surface area (Å²) in [5.74, 6) is -0.134. The average Bonchev–Trinajstić information content (AvgIpc) is 3.00. The molecule has 0 aliphatic rings. The van der Waals surface area contributed by atoms with Crippen LogP contribution < -0.4 is 4.74 Å². The minimum atomic E-state index is -0.941. The number of nitrogens with zero attached hydrogens (tertiary/aromatic N) is 2. The quantitative estimate of drug-likeness (QED) is 0.786. The first kappa shape index (κ1) is 14.1. The Kier molecular flexibility index (Phi) is 3.78. The lowest BCUT2D eigenvalue weighted by Crippen LogP contribution is -2.10. The van der Waals surface area contributed by atoms with Gasteiger partial charge in [-0.25, -0.2) is 9.78 Å². The number of rotatable bonds is 5. The number of benzene rings is 1. The molecular formula is C17H16N2O3. The van der Waals surface area contributed by atoms with E-state index in [1.165, 1.54) is 0 Å². The lowest BCUT2D eigenvalue weighted by atomic mass is 10.0. The van der Waals surface area contributed by atoms with Gasteiger partial charge in [-0.05, 0) is 42.2 Å². The molecule has 2 aromatic heterocycles. The first-order valence-electron chi connectivity index (χ1n) is 7.00. The van der Waals surface area contributed by atoms with E-state index in [1.54, 1.807) is 23.9 Å². The first-order chi connectivity index (χ1) is 10.7. The minimum absolute atomic E-state index is 0.276. The number of aromatic nitrogens is 2. The fourth-order valence-corrected chi connectivity index (χ4v) is 2.59.